The number of hydrogen-bond donors (Lipinski definition) is 1. The van der Waals surface area contributed by atoms with Crippen molar-refractivity contribution in [3.63, 3.8) is 0 Å². The lowest BCUT2D eigenvalue weighted by Crippen LogP contribution is -2.33. The smallest absolute Gasteiger partial charge is 0.163 e. The lowest BCUT2D eigenvalue weighted by molar-refractivity contribution is -0.154. The molecule has 3 atom stereocenters. The Bertz CT molecular complexity index is 156. The molecule has 1 rings (SSSR count). The Morgan fingerprint density at radius 1 is 1.42 bits per heavy atom. The van der Waals surface area contributed by atoms with Crippen molar-refractivity contribution in [3.8, 4) is 0 Å². The summed E-state index contributed by atoms with van der Waals surface area (Å²) < 4.78 is 11.0. The van der Waals surface area contributed by atoms with Gasteiger partial charge in [-0.15, -0.1) is 0 Å². The fraction of sp³-hybridized carbons (Fsp3) is 1.00. The van der Waals surface area contributed by atoms with E-state index >= 15 is 0 Å². The largest absolute Gasteiger partial charge is 0.390 e. The highest BCUT2D eigenvalue weighted by Crippen LogP contribution is 2.30. The zero-order chi connectivity index (χ0) is 9.35. The zero-order valence-corrected chi connectivity index (χ0v) is 8.20. The molecule has 1 saturated heterocycles. The van der Waals surface area contributed by atoms with Crippen LogP contribution in [-0.2, 0) is 9.47 Å². The van der Waals surface area contributed by atoms with E-state index in [0.717, 1.165) is 0 Å². The normalized spacial score (nSPS) is 36.8. The molecular formula is C9H18O3. The third-order valence-electron chi connectivity index (χ3n) is 2.15. The number of aliphatic hydroxyl groups is 1. The molecule has 3 nitrogen and oxygen atoms in total. The van der Waals surface area contributed by atoms with Gasteiger partial charge in [0.2, 0.25) is 0 Å². The number of hydrogen-bond acceptors (Lipinski definition) is 3. The predicted octanol–water partition coefficient (Wildman–Crippen LogP) is 1.30. The highest BCUT2D eigenvalue weighted by molar-refractivity contribution is 4.82. The van der Waals surface area contributed by atoms with Crippen molar-refractivity contribution in [1.82, 2.24) is 0 Å². The van der Waals surface area contributed by atoms with Gasteiger partial charge < -0.3 is 14.6 Å². The Morgan fingerprint density at radius 2 is 2.00 bits per heavy atom. The van der Waals surface area contributed by atoms with Gasteiger partial charge in [-0.25, -0.2) is 0 Å². The van der Waals surface area contributed by atoms with Crippen molar-refractivity contribution >= 4 is 0 Å². The van der Waals surface area contributed by atoms with Gasteiger partial charge in [-0.05, 0) is 27.2 Å². The molecule has 1 aliphatic heterocycles. The molecule has 0 aromatic heterocycles. The number of ether oxygens (including phenoxy) is 2. The molecule has 3 heteroatoms. The first kappa shape index (κ1) is 9.96. The molecule has 3 unspecified atom stereocenters. The summed E-state index contributed by atoms with van der Waals surface area (Å²) in [5.41, 5.74) is 0. The molecule has 0 spiro atoms. The lowest BCUT2D eigenvalue weighted by Gasteiger charge is -2.19. The maximum absolute atomic E-state index is 9.56. The topological polar surface area (TPSA) is 38.7 Å². The van der Waals surface area contributed by atoms with Crippen molar-refractivity contribution in [2.45, 2.75) is 58.2 Å². The summed E-state index contributed by atoms with van der Waals surface area (Å²) >= 11 is 0. The van der Waals surface area contributed by atoms with Crippen LogP contribution in [0.25, 0.3) is 0 Å². The van der Waals surface area contributed by atoms with Gasteiger partial charge in [0.15, 0.2) is 5.79 Å². The van der Waals surface area contributed by atoms with Gasteiger partial charge in [-0.3, -0.25) is 0 Å². The second-order valence-electron chi connectivity index (χ2n) is 3.78. The maximum atomic E-state index is 9.56. The maximum Gasteiger partial charge on any atom is 0.163 e. The monoisotopic (exact) mass is 174 g/mol. The predicted molar refractivity (Wildman–Crippen MR) is 45.8 cm³/mol. The van der Waals surface area contributed by atoms with E-state index in [9.17, 15) is 5.11 Å². The van der Waals surface area contributed by atoms with E-state index in [1.165, 1.54) is 0 Å². The molecule has 0 amide bonds. The second-order valence-corrected chi connectivity index (χ2v) is 3.78. The summed E-state index contributed by atoms with van der Waals surface area (Å²) in [4.78, 5) is 0. The van der Waals surface area contributed by atoms with Gasteiger partial charge in [0.25, 0.3) is 0 Å². The van der Waals surface area contributed by atoms with Crippen molar-refractivity contribution in [3.05, 3.63) is 0 Å². The van der Waals surface area contributed by atoms with Gasteiger partial charge >= 0.3 is 0 Å². The molecule has 1 fully saturated rings. The molecule has 0 aliphatic carbocycles. The average Bonchev–Trinajstić information content (AvgIpc) is 2.23. The molecule has 0 radical (unpaired) electrons. The Kier molecular flexibility index (Phi) is 2.76. The standard InChI is InChI=1S/C9H18O3/c1-5-7(10)8-6(2)11-9(3,4)12-8/h6-8,10H,5H2,1-4H3. The minimum Gasteiger partial charge on any atom is -0.390 e. The molecule has 1 N–H and O–H groups in total. The Labute approximate surface area is 73.7 Å². The first-order valence-electron chi connectivity index (χ1n) is 4.50. The molecule has 0 aromatic rings. The third kappa shape index (κ3) is 1.97. The summed E-state index contributed by atoms with van der Waals surface area (Å²) in [7, 11) is 0. The van der Waals surface area contributed by atoms with Crippen LogP contribution in [0.1, 0.15) is 34.1 Å². The van der Waals surface area contributed by atoms with Crippen LogP contribution in [0.5, 0.6) is 0 Å². The van der Waals surface area contributed by atoms with Gasteiger partial charge in [-0.1, -0.05) is 6.92 Å². The fourth-order valence-electron chi connectivity index (χ4n) is 1.59. The van der Waals surface area contributed by atoms with Crippen LogP contribution < -0.4 is 0 Å². The summed E-state index contributed by atoms with van der Waals surface area (Å²) in [5.74, 6) is -0.541. The van der Waals surface area contributed by atoms with Crippen molar-refractivity contribution in [1.29, 1.82) is 0 Å². The van der Waals surface area contributed by atoms with Gasteiger partial charge in [-0.2, -0.15) is 0 Å². The van der Waals surface area contributed by atoms with Crippen molar-refractivity contribution < 1.29 is 14.6 Å². The summed E-state index contributed by atoms with van der Waals surface area (Å²) in [6.45, 7) is 7.60. The van der Waals surface area contributed by atoms with Crippen LogP contribution in [-0.4, -0.2) is 29.2 Å². The molecule has 1 aliphatic rings. The van der Waals surface area contributed by atoms with Gasteiger partial charge in [0, 0.05) is 0 Å². The minimum absolute atomic E-state index is 0.0186. The van der Waals surface area contributed by atoms with Crippen LogP contribution in [0.15, 0.2) is 0 Å². The molecule has 0 aromatic carbocycles. The highest BCUT2D eigenvalue weighted by Gasteiger charge is 2.41. The van der Waals surface area contributed by atoms with Gasteiger partial charge in [0.1, 0.15) is 6.10 Å². The summed E-state index contributed by atoms with van der Waals surface area (Å²) in [6.07, 6.45) is 0.0933. The molecule has 12 heavy (non-hydrogen) atoms. The van der Waals surface area contributed by atoms with E-state index in [4.69, 9.17) is 9.47 Å². The van der Waals surface area contributed by atoms with Crippen LogP contribution in [0.3, 0.4) is 0 Å². The van der Waals surface area contributed by atoms with Crippen LogP contribution >= 0.6 is 0 Å². The van der Waals surface area contributed by atoms with E-state index in [2.05, 4.69) is 0 Å². The first-order valence-corrected chi connectivity index (χ1v) is 4.50. The quantitative estimate of drug-likeness (QED) is 0.685. The van der Waals surface area contributed by atoms with E-state index < -0.39 is 11.9 Å². The minimum atomic E-state index is -0.541. The molecule has 72 valence electrons. The number of rotatable bonds is 2. The van der Waals surface area contributed by atoms with Crippen LogP contribution in [0.2, 0.25) is 0 Å². The SMILES string of the molecule is CCC(O)C1OC(C)(C)OC1C. The third-order valence-corrected chi connectivity index (χ3v) is 2.15. The summed E-state index contributed by atoms with van der Waals surface area (Å²) in [5, 5.41) is 9.56. The van der Waals surface area contributed by atoms with E-state index in [1.807, 2.05) is 27.7 Å². The molecular weight excluding hydrogens is 156 g/mol. The first-order chi connectivity index (χ1) is 5.46. The molecule has 1 heterocycles. The van der Waals surface area contributed by atoms with E-state index in [-0.39, 0.29) is 12.2 Å². The van der Waals surface area contributed by atoms with Crippen molar-refractivity contribution in [2.75, 3.05) is 0 Å². The van der Waals surface area contributed by atoms with Gasteiger partial charge in [0.05, 0.1) is 12.2 Å². The summed E-state index contributed by atoms with van der Waals surface area (Å²) in [6, 6.07) is 0. The fourth-order valence-corrected chi connectivity index (χ4v) is 1.59. The average molecular weight is 174 g/mol. The second kappa shape index (κ2) is 3.32. The molecule has 0 bridgehead atoms. The Balaban J connectivity index is 2.57. The van der Waals surface area contributed by atoms with Crippen LogP contribution in [0.4, 0.5) is 0 Å². The van der Waals surface area contributed by atoms with Crippen molar-refractivity contribution in [2.24, 2.45) is 0 Å². The Morgan fingerprint density at radius 3 is 2.33 bits per heavy atom. The highest BCUT2D eigenvalue weighted by atomic mass is 16.8. The van der Waals surface area contributed by atoms with E-state index in [1.54, 1.807) is 0 Å². The Hall–Kier alpha value is -0.120. The lowest BCUT2D eigenvalue weighted by atomic mass is 10.1. The van der Waals surface area contributed by atoms with Crippen LogP contribution in [0, 0.1) is 0 Å². The zero-order valence-electron chi connectivity index (χ0n) is 8.20. The molecule has 0 saturated carbocycles. The number of aliphatic hydroxyl groups excluding tert-OH is 1. The van der Waals surface area contributed by atoms with E-state index in [0.29, 0.717) is 6.42 Å².